The summed E-state index contributed by atoms with van der Waals surface area (Å²) in [6.45, 7) is 4.70. The fraction of sp³-hybridized carbons (Fsp3) is 0.536. The summed E-state index contributed by atoms with van der Waals surface area (Å²) in [5, 5.41) is 6.39. The molecular weight excluding hydrogens is 455 g/mol. The third-order valence-corrected chi connectivity index (χ3v) is 9.21. The first-order chi connectivity index (χ1) is 17.3. The number of primary amides is 1. The Labute approximate surface area is 212 Å². The van der Waals surface area contributed by atoms with E-state index < -0.39 is 5.82 Å². The number of quaternary nitrogens is 1. The molecule has 4 atom stereocenters. The number of hydrogen-bond acceptors (Lipinski definition) is 5. The van der Waals surface area contributed by atoms with Gasteiger partial charge in [-0.2, -0.15) is 4.98 Å². The van der Waals surface area contributed by atoms with Crippen LogP contribution in [0.5, 0.6) is 0 Å². The lowest BCUT2D eigenvalue weighted by Crippen LogP contribution is -2.51. The minimum absolute atomic E-state index is 0.0945. The second-order valence-corrected chi connectivity index (χ2v) is 11.6. The summed E-state index contributed by atoms with van der Waals surface area (Å²) in [6, 6.07) is 7.05. The second-order valence-electron chi connectivity index (χ2n) is 11.6. The van der Waals surface area contributed by atoms with E-state index in [1.54, 1.807) is 0 Å². The van der Waals surface area contributed by atoms with E-state index in [1.165, 1.54) is 60.6 Å². The molecule has 0 radical (unpaired) electrons. The first kappa shape index (κ1) is 23.4. The van der Waals surface area contributed by atoms with Gasteiger partial charge in [-0.15, -0.1) is 0 Å². The highest BCUT2D eigenvalue weighted by molar-refractivity contribution is 5.79. The average molecular weight is 492 g/mol. The number of nitrogens with two attached hydrogens (primary N) is 1. The zero-order chi connectivity index (χ0) is 25.0. The van der Waals surface area contributed by atoms with Gasteiger partial charge in [-0.05, 0) is 54.4 Å². The molecule has 2 saturated carbocycles. The number of nitrogens with one attached hydrogen (secondary N) is 2. The van der Waals surface area contributed by atoms with Crippen molar-refractivity contribution in [1.82, 2.24) is 9.97 Å². The number of carbonyl (C=O) groups excluding carboxylic acids is 1. The number of likely N-dealkylation sites (tertiary alicyclic amines) is 1. The lowest BCUT2D eigenvalue weighted by atomic mass is 9.85. The van der Waals surface area contributed by atoms with E-state index in [0.29, 0.717) is 11.9 Å². The largest absolute Gasteiger partial charge is 0.369 e. The number of benzene rings is 1. The minimum atomic E-state index is -0.545. The molecule has 2 bridgehead atoms. The summed E-state index contributed by atoms with van der Waals surface area (Å²) in [5.74, 6) is 0.0108. The minimum Gasteiger partial charge on any atom is -0.369 e. The average Bonchev–Trinajstić information content (AvgIpc) is 3.53. The maximum absolute atomic E-state index is 14.6. The van der Waals surface area contributed by atoms with Gasteiger partial charge in [0.1, 0.15) is 0 Å². The summed E-state index contributed by atoms with van der Waals surface area (Å²) in [6.07, 6.45) is 11.4. The van der Waals surface area contributed by atoms with Gasteiger partial charge in [0.15, 0.2) is 11.6 Å². The van der Waals surface area contributed by atoms with Gasteiger partial charge in [0.2, 0.25) is 11.9 Å². The zero-order valence-corrected chi connectivity index (χ0v) is 21.1. The van der Waals surface area contributed by atoms with Crippen LogP contribution in [-0.4, -0.2) is 52.6 Å². The normalized spacial score (nSPS) is 33.0. The summed E-state index contributed by atoms with van der Waals surface area (Å²) in [7, 11) is 2.43. The van der Waals surface area contributed by atoms with Crippen LogP contribution < -0.4 is 16.4 Å². The smallest absolute Gasteiger partial charge is 0.229 e. The number of amides is 1. The van der Waals surface area contributed by atoms with Crippen LogP contribution in [0.3, 0.4) is 0 Å². The molecule has 7 nitrogen and oxygen atoms in total. The second kappa shape index (κ2) is 8.83. The van der Waals surface area contributed by atoms with E-state index in [4.69, 9.17) is 5.73 Å². The summed E-state index contributed by atoms with van der Waals surface area (Å²) in [5.41, 5.74) is 9.21. The van der Waals surface area contributed by atoms with Crippen molar-refractivity contribution in [3.8, 4) is 0 Å². The van der Waals surface area contributed by atoms with E-state index in [0.717, 1.165) is 18.2 Å². The van der Waals surface area contributed by atoms with Crippen LogP contribution in [0.1, 0.15) is 49.1 Å². The number of aromatic nitrogens is 2. The molecule has 36 heavy (non-hydrogen) atoms. The van der Waals surface area contributed by atoms with E-state index in [1.807, 2.05) is 6.08 Å². The van der Waals surface area contributed by atoms with Crippen LogP contribution in [-0.2, 0) is 4.79 Å². The van der Waals surface area contributed by atoms with E-state index in [2.05, 4.69) is 58.8 Å². The Hall–Kier alpha value is -3.00. The van der Waals surface area contributed by atoms with Gasteiger partial charge in [-0.3, -0.25) is 4.79 Å². The SMILES string of the molecule is Cc1cc(Nc2ncc(F)c(N[C@@H]3C4C=CC(C4)[C@@H]3C(N)=O)n2)ccc1[C@H]1CC[N@@+](C)(C2CC2)CC1. The van der Waals surface area contributed by atoms with Crippen molar-refractivity contribution in [1.29, 1.82) is 0 Å². The number of rotatable bonds is 7. The van der Waals surface area contributed by atoms with E-state index in [-0.39, 0.29) is 35.5 Å². The summed E-state index contributed by atoms with van der Waals surface area (Å²) >= 11 is 0. The Morgan fingerprint density at radius 2 is 1.89 bits per heavy atom. The highest BCUT2D eigenvalue weighted by Gasteiger charge is 2.48. The van der Waals surface area contributed by atoms with Crippen LogP contribution in [0.25, 0.3) is 0 Å². The number of carbonyl (C=O) groups is 1. The van der Waals surface area contributed by atoms with Crippen LogP contribution in [0, 0.1) is 30.5 Å². The van der Waals surface area contributed by atoms with Crippen LogP contribution >= 0.6 is 0 Å². The molecule has 2 heterocycles. The number of hydrogen-bond donors (Lipinski definition) is 3. The standard InChI is InChI=1S/C28H35FN6O/c1-16-13-20(5-8-22(16)17-9-11-35(2,12-10-17)21-6-7-21)32-28-31-15-23(29)27(34-28)33-25-19-4-3-18(14-19)24(25)26(30)36/h3-5,8,13,15,17-19,21,24-25H,6-7,9-12,14H2,1-2H3,(H3-,30,31,32,33,34,36)/p+1/t17-,18?,19?,24-,25+,35+/m0/s1. The Kier molecular flexibility index (Phi) is 5.74. The molecule has 4 aliphatic rings. The topological polar surface area (TPSA) is 92.9 Å². The molecule has 3 fully saturated rings. The van der Waals surface area contributed by atoms with Crippen LogP contribution in [0.4, 0.5) is 21.8 Å². The third-order valence-electron chi connectivity index (χ3n) is 9.21. The Bertz CT molecular complexity index is 1200. The monoisotopic (exact) mass is 491 g/mol. The highest BCUT2D eigenvalue weighted by Crippen LogP contribution is 2.45. The number of halogens is 1. The van der Waals surface area contributed by atoms with Crippen molar-refractivity contribution in [3.63, 3.8) is 0 Å². The van der Waals surface area contributed by atoms with Gasteiger partial charge >= 0.3 is 0 Å². The van der Waals surface area contributed by atoms with Gasteiger partial charge in [0, 0.05) is 37.4 Å². The molecule has 2 aromatic rings. The maximum Gasteiger partial charge on any atom is 0.229 e. The maximum atomic E-state index is 14.6. The van der Waals surface area contributed by atoms with Crippen molar-refractivity contribution in [3.05, 3.63) is 53.5 Å². The molecule has 8 heteroatoms. The van der Waals surface area contributed by atoms with Crippen molar-refractivity contribution in [2.45, 2.75) is 57.0 Å². The predicted molar refractivity (Wildman–Crippen MR) is 138 cm³/mol. The van der Waals surface area contributed by atoms with Crippen molar-refractivity contribution < 1.29 is 13.7 Å². The molecule has 1 amide bonds. The number of piperidine rings is 1. The predicted octanol–water partition coefficient (Wildman–Crippen LogP) is 4.24. The third kappa shape index (κ3) is 4.25. The fourth-order valence-corrected chi connectivity index (χ4v) is 6.97. The Morgan fingerprint density at radius 3 is 2.58 bits per heavy atom. The van der Waals surface area contributed by atoms with Gasteiger partial charge in [-0.25, -0.2) is 9.37 Å². The number of allylic oxidation sites excluding steroid dienone is 1. The quantitative estimate of drug-likeness (QED) is 0.398. The lowest BCUT2D eigenvalue weighted by molar-refractivity contribution is -0.924. The molecule has 1 aromatic carbocycles. The van der Waals surface area contributed by atoms with Gasteiger partial charge in [0.05, 0.1) is 38.3 Å². The van der Waals surface area contributed by atoms with Crippen molar-refractivity contribution in [2.24, 2.45) is 23.5 Å². The first-order valence-electron chi connectivity index (χ1n) is 13.3. The lowest BCUT2D eigenvalue weighted by Gasteiger charge is -2.41. The molecule has 0 spiro atoms. The molecule has 2 unspecified atom stereocenters. The molecule has 1 saturated heterocycles. The van der Waals surface area contributed by atoms with E-state index in [9.17, 15) is 9.18 Å². The Morgan fingerprint density at radius 1 is 1.14 bits per heavy atom. The number of fused-ring (bicyclic) bond motifs is 2. The number of aryl methyl sites for hydroxylation is 1. The van der Waals surface area contributed by atoms with Crippen molar-refractivity contribution in [2.75, 3.05) is 30.8 Å². The number of nitrogens with zero attached hydrogens (tertiary/aromatic N) is 3. The van der Waals surface area contributed by atoms with Crippen molar-refractivity contribution >= 4 is 23.4 Å². The molecular formula is C28H36FN6O+. The summed E-state index contributed by atoms with van der Waals surface area (Å²) in [4.78, 5) is 20.6. The first-order valence-corrected chi connectivity index (χ1v) is 13.3. The van der Waals surface area contributed by atoms with Gasteiger partial charge in [0.25, 0.3) is 0 Å². The molecule has 6 rings (SSSR count). The number of anilines is 3. The molecule has 3 aliphatic carbocycles. The molecule has 4 N–H and O–H groups in total. The highest BCUT2D eigenvalue weighted by atomic mass is 19.1. The zero-order valence-electron chi connectivity index (χ0n) is 21.1. The fourth-order valence-electron chi connectivity index (χ4n) is 6.97. The van der Waals surface area contributed by atoms with Gasteiger partial charge < -0.3 is 20.9 Å². The molecule has 1 aliphatic heterocycles. The Balaban J connectivity index is 1.14. The summed E-state index contributed by atoms with van der Waals surface area (Å²) < 4.78 is 15.9. The van der Waals surface area contributed by atoms with Crippen LogP contribution in [0.2, 0.25) is 0 Å². The molecule has 1 aromatic heterocycles. The van der Waals surface area contributed by atoms with Crippen LogP contribution in [0.15, 0.2) is 36.5 Å². The van der Waals surface area contributed by atoms with Gasteiger partial charge in [-0.1, -0.05) is 18.2 Å². The molecule has 190 valence electrons. The van der Waals surface area contributed by atoms with E-state index >= 15 is 0 Å².